The van der Waals surface area contributed by atoms with Gasteiger partial charge in [-0.1, -0.05) is 42.0 Å². The highest BCUT2D eigenvalue weighted by Crippen LogP contribution is 2.18. The third-order valence-electron chi connectivity index (χ3n) is 2.57. The van der Waals surface area contributed by atoms with Crippen molar-refractivity contribution in [3.05, 3.63) is 59.4 Å². The van der Waals surface area contributed by atoms with Gasteiger partial charge in [-0.15, -0.1) is 0 Å². The lowest BCUT2D eigenvalue weighted by Crippen LogP contribution is -1.96. The first-order valence-electron chi connectivity index (χ1n) is 5.36. The van der Waals surface area contributed by atoms with Gasteiger partial charge in [-0.2, -0.15) is 0 Å². The molecule has 0 radical (unpaired) electrons. The molecule has 2 rings (SSSR count). The highest BCUT2D eigenvalue weighted by atomic mass is 16.5. The van der Waals surface area contributed by atoms with Gasteiger partial charge in [0.2, 0.25) is 0 Å². The SMILES string of the molecule is CC1=CCC(OCc2ccccc2)=CC1. The molecule has 0 aromatic heterocycles. The van der Waals surface area contributed by atoms with Crippen LogP contribution in [0.15, 0.2) is 53.8 Å². The van der Waals surface area contributed by atoms with Crippen LogP contribution in [0.2, 0.25) is 0 Å². The van der Waals surface area contributed by atoms with Gasteiger partial charge >= 0.3 is 0 Å². The molecule has 1 aliphatic rings. The maximum absolute atomic E-state index is 5.73. The lowest BCUT2D eigenvalue weighted by Gasteiger charge is -2.13. The molecule has 15 heavy (non-hydrogen) atoms. The van der Waals surface area contributed by atoms with Crippen LogP contribution in [0.1, 0.15) is 25.3 Å². The van der Waals surface area contributed by atoms with Gasteiger partial charge in [0.25, 0.3) is 0 Å². The van der Waals surface area contributed by atoms with Gasteiger partial charge in [-0.3, -0.25) is 0 Å². The van der Waals surface area contributed by atoms with Crippen molar-refractivity contribution in [1.29, 1.82) is 0 Å². The highest BCUT2D eigenvalue weighted by Gasteiger charge is 2.03. The van der Waals surface area contributed by atoms with Crippen LogP contribution in [-0.4, -0.2) is 0 Å². The third-order valence-corrected chi connectivity index (χ3v) is 2.57. The smallest absolute Gasteiger partial charge is 0.113 e. The molecule has 0 heterocycles. The molecule has 0 aliphatic heterocycles. The van der Waals surface area contributed by atoms with Gasteiger partial charge in [-0.05, 0) is 25.0 Å². The Bertz CT molecular complexity index is 374. The van der Waals surface area contributed by atoms with Crippen molar-refractivity contribution >= 4 is 0 Å². The van der Waals surface area contributed by atoms with E-state index in [-0.39, 0.29) is 0 Å². The molecular weight excluding hydrogens is 184 g/mol. The van der Waals surface area contributed by atoms with E-state index in [1.54, 1.807) is 0 Å². The zero-order valence-electron chi connectivity index (χ0n) is 9.07. The normalized spacial score (nSPS) is 15.5. The van der Waals surface area contributed by atoms with Crippen molar-refractivity contribution in [3.8, 4) is 0 Å². The molecule has 1 aromatic rings. The number of benzene rings is 1. The molecule has 1 heteroatoms. The van der Waals surface area contributed by atoms with Crippen LogP contribution in [0.25, 0.3) is 0 Å². The second-order valence-corrected chi connectivity index (χ2v) is 3.90. The van der Waals surface area contributed by atoms with Gasteiger partial charge in [-0.25, -0.2) is 0 Å². The summed E-state index contributed by atoms with van der Waals surface area (Å²) >= 11 is 0. The molecule has 0 atom stereocenters. The van der Waals surface area contributed by atoms with E-state index in [1.807, 2.05) is 18.2 Å². The number of rotatable bonds is 3. The highest BCUT2D eigenvalue weighted by molar-refractivity contribution is 5.18. The first-order valence-corrected chi connectivity index (χ1v) is 5.36. The standard InChI is InChI=1S/C14H16O/c1-12-7-9-14(10-8-12)15-11-13-5-3-2-4-6-13/h2-7,10H,8-9,11H2,1H3. The van der Waals surface area contributed by atoms with Gasteiger partial charge < -0.3 is 4.74 Å². The fourth-order valence-corrected chi connectivity index (χ4v) is 1.58. The van der Waals surface area contributed by atoms with Gasteiger partial charge in [0.1, 0.15) is 6.61 Å². The first-order chi connectivity index (χ1) is 7.34. The molecule has 1 aromatic carbocycles. The minimum Gasteiger partial charge on any atom is -0.493 e. The van der Waals surface area contributed by atoms with Crippen molar-refractivity contribution in [3.63, 3.8) is 0 Å². The van der Waals surface area contributed by atoms with Gasteiger partial charge in [0.05, 0.1) is 5.76 Å². The molecule has 0 saturated heterocycles. The summed E-state index contributed by atoms with van der Waals surface area (Å²) in [5.41, 5.74) is 2.66. The molecule has 0 fully saturated rings. The number of allylic oxidation sites excluding steroid dienone is 3. The second-order valence-electron chi connectivity index (χ2n) is 3.90. The Kier molecular flexibility index (Phi) is 3.23. The predicted octanol–water partition coefficient (Wildman–Crippen LogP) is 3.83. The Morgan fingerprint density at radius 1 is 1.07 bits per heavy atom. The fourth-order valence-electron chi connectivity index (χ4n) is 1.58. The second kappa shape index (κ2) is 4.83. The van der Waals surface area contributed by atoms with Crippen molar-refractivity contribution in [2.45, 2.75) is 26.4 Å². The fraction of sp³-hybridized carbons (Fsp3) is 0.286. The molecule has 0 spiro atoms. The number of hydrogen-bond acceptors (Lipinski definition) is 1. The molecule has 1 nitrogen and oxygen atoms in total. The minimum atomic E-state index is 0.680. The van der Waals surface area contributed by atoms with Crippen LogP contribution >= 0.6 is 0 Å². The Morgan fingerprint density at radius 2 is 1.87 bits per heavy atom. The topological polar surface area (TPSA) is 9.23 Å². The van der Waals surface area contributed by atoms with Gasteiger partial charge in [0, 0.05) is 6.42 Å². The van der Waals surface area contributed by atoms with Crippen molar-refractivity contribution in [2.24, 2.45) is 0 Å². The summed E-state index contributed by atoms with van der Waals surface area (Å²) in [6.45, 7) is 2.84. The Balaban J connectivity index is 1.85. The van der Waals surface area contributed by atoms with Crippen molar-refractivity contribution in [2.75, 3.05) is 0 Å². The zero-order chi connectivity index (χ0) is 10.5. The summed E-state index contributed by atoms with van der Waals surface area (Å²) in [7, 11) is 0. The Labute approximate surface area is 91.1 Å². The lowest BCUT2D eigenvalue weighted by molar-refractivity contribution is 0.192. The quantitative estimate of drug-likeness (QED) is 0.674. The summed E-state index contributed by atoms with van der Waals surface area (Å²) in [5.74, 6) is 1.10. The Morgan fingerprint density at radius 3 is 2.53 bits per heavy atom. The lowest BCUT2D eigenvalue weighted by atomic mass is 10.1. The summed E-state index contributed by atoms with van der Waals surface area (Å²) in [6, 6.07) is 10.3. The van der Waals surface area contributed by atoms with E-state index < -0.39 is 0 Å². The van der Waals surface area contributed by atoms with E-state index in [4.69, 9.17) is 4.74 Å². The van der Waals surface area contributed by atoms with Crippen molar-refractivity contribution < 1.29 is 4.74 Å². The van der Waals surface area contributed by atoms with Crippen LogP contribution in [0, 0.1) is 0 Å². The number of hydrogen-bond donors (Lipinski definition) is 0. The molecule has 1 aliphatic carbocycles. The van der Waals surface area contributed by atoms with Gasteiger partial charge in [0.15, 0.2) is 0 Å². The molecule has 0 bridgehead atoms. The maximum atomic E-state index is 5.73. The third kappa shape index (κ3) is 2.98. The Hall–Kier alpha value is -1.50. The summed E-state index contributed by atoms with van der Waals surface area (Å²) in [4.78, 5) is 0. The average molecular weight is 200 g/mol. The average Bonchev–Trinajstić information content (AvgIpc) is 2.30. The van der Waals surface area contributed by atoms with E-state index in [0.29, 0.717) is 6.61 Å². The zero-order valence-corrected chi connectivity index (χ0v) is 9.07. The molecule has 0 saturated carbocycles. The molecule has 0 unspecified atom stereocenters. The predicted molar refractivity (Wildman–Crippen MR) is 62.3 cm³/mol. The van der Waals surface area contributed by atoms with Crippen LogP contribution in [0.3, 0.4) is 0 Å². The largest absolute Gasteiger partial charge is 0.493 e. The van der Waals surface area contributed by atoms with E-state index in [2.05, 4.69) is 31.2 Å². The molecule has 0 amide bonds. The van der Waals surface area contributed by atoms with Crippen LogP contribution in [-0.2, 0) is 11.3 Å². The first kappa shape index (κ1) is 10.0. The van der Waals surface area contributed by atoms with E-state index in [0.717, 1.165) is 18.6 Å². The van der Waals surface area contributed by atoms with E-state index in [9.17, 15) is 0 Å². The molecule has 0 N–H and O–H groups in total. The van der Waals surface area contributed by atoms with Crippen LogP contribution < -0.4 is 0 Å². The summed E-state index contributed by atoms with van der Waals surface area (Å²) in [5, 5.41) is 0. The summed E-state index contributed by atoms with van der Waals surface area (Å²) in [6.07, 6.45) is 6.39. The molecule has 78 valence electrons. The van der Waals surface area contributed by atoms with E-state index in [1.165, 1.54) is 11.1 Å². The van der Waals surface area contributed by atoms with E-state index >= 15 is 0 Å². The monoisotopic (exact) mass is 200 g/mol. The van der Waals surface area contributed by atoms with Crippen molar-refractivity contribution in [1.82, 2.24) is 0 Å². The van der Waals surface area contributed by atoms with Crippen LogP contribution in [0.4, 0.5) is 0 Å². The molecular formula is C14H16O. The van der Waals surface area contributed by atoms with Crippen LogP contribution in [0.5, 0.6) is 0 Å². The number of ether oxygens (including phenoxy) is 1. The maximum Gasteiger partial charge on any atom is 0.113 e. The minimum absolute atomic E-state index is 0.680. The summed E-state index contributed by atoms with van der Waals surface area (Å²) < 4.78 is 5.73.